The molecule has 1 rings (SSSR count). The number of halogens is 5. The number of hydrogen-bond acceptors (Lipinski definition) is 2. The first-order valence-electron chi connectivity index (χ1n) is 4.02. The van der Waals surface area contributed by atoms with Gasteiger partial charge in [0, 0.05) is 6.04 Å². The topological polar surface area (TPSA) is 30.7 Å². The Kier molecular flexibility index (Phi) is 2.71. The van der Waals surface area contributed by atoms with Gasteiger partial charge in [-0.3, -0.25) is 0 Å². The highest BCUT2D eigenvalue weighted by molar-refractivity contribution is 5.01. The summed E-state index contributed by atoms with van der Waals surface area (Å²) in [6.07, 6.45) is -4.81. The molecule has 8 heteroatoms. The van der Waals surface area contributed by atoms with Crippen LogP contribution in [0, 0.1) is 0 Å². The summed E-state index contributed by atoms with van der Waals surface area (Å²) in [5, 5.41) is 5.87. The number of alkyl halides is 5. The number of rotatable bonds is 2. The van der Waals surface area contributed by atoms with Gasteiger partial charge in [0.15, 0.2) is 0 Å². The molecule has 0 N–H and O–H groups in total. The van der Waals surface area contributed by atoms with E-state index < -0.39 is 24.0 Å². The fourth-order valence-electron chi connectivity index (χ4n) is 0.972. The fourth-order valence-corrected chi connectivity index (χ4v) is 0.972. The second-order valence-electron chi connectivity index (χ2n) is 3.23. The van der Waals surface area contributed by atoms with Crippen molar-refractivity contribution in [2.45, 2.75) is 32.0 Å². The lowest BCUT2D eigenvalue weighted by Crippen LogP contribution is -2.36. The molecule has 0 atom stereocenters. The van der Waals surface area contributed by atoms with E-state index >= 15 is 0 Å². The number of aromatic nitrogens is 3. The molecule has 0 spiro atoms. The lowest BCUT2D eigenvalue weighted by atomic mass is 10.3. The van der Waals surface area contributed by atoms with Gasteiger partial charge in [0.1, 0.15) is 6.33 Å². The summed E-state index contributed by atoms with van der Waals surface area (Å²) in [5.41, 5.74) is 0. The van der Waals surface area contributed by atoms with Gasteiger partial charge in [-0.2, -0.15) is 22.0 Å². The standard InChI is InChI=1S/C7H8F5N3/c1-4(2)15-3-13-14-5(15)6(8,9)7(10,11)12/h3-4H,1-2H3. The van der Waals surface area contributed by atoms with E-state index in [0.29, 0.717) is 4.57 Å². The first-order valence-corrected chi connectivity index (χ1v) is 4.02. The molecule has 1 heterocycles. The van der Waals surface area contributed by atoms with Crippen molar-refractivity contribution < 1.29 is 22.0 Å². The maximum absolute atomic E-state index is 12.9. The summed E-state index contributed by atoms with van der Waals surface area (Å²) >= 11 is 0. The smallest absolute Gasteiger partial charge is 0.310 e. The Morgan fingerprint density at radius 1 is 1.20 bits per heavy atom. The summed E-state index contributed by atoms with van der Waals surface area (Å²) in [4.78, 5) is 0. The summed E-state index contributed by atoms with van der Waals surface area (Å²) in [7, 11) is 0. The molecule has 1 aromatic heterocycles. The van der Waals surface area contributed by atoms with Crippen molar-refractivity contribution in [3.8, 4) is 0 Å². The quantitative estimate of drug-likeness (QED) is 0.729. The van der Waals surface area contributed by atoms with Gasteiger partial charge in [-0.25, -0.2) is 0 Å². The molecule has 0 aromatic carbocycles. The molecule has 15 heavy (non-hydrogen) atoms. The zero-order chi connectivity index (χ0) is 11.9. The van der Waals surface area contributed by atoms with E-state index in [1.807, 2.05) is 0 Å². The van der Waals surface area contributed by atoms with Gasteiger partial charge in [0.25, 0.3) is 0 Å². The summed E-state index contributed by atoms with van der Waals surface area (Å²) in [6.45, 7) is 2.92. The van der Waals surface area contributed by atoms with Crippen LogP contribution in [0.2, 0.25) is 0 Å². The van der Waals surface area contributed by atoms with E-state index in [1.54, 1.807) is 0 Å². The van der Waals surface area contributed by atoms with Gasteiger partial charge < -0.3 is 4.57 Å². The molecular formula is C7H8F5N3. The van der Waals surface area contributed by atoms with Crippen LogP contribution in [-0.2, 0) is 5.92 Å². The SMILES string of the molecule is CC(C)n1cnnc1C(F)(F)C(F)(F)F. The van der Waals surface area contributed by atoms with E-state index in [2.05, 4.69) is 10.2 Å². The van der Waals surface area contributed by atoms with Crippen LogP contribution in [-0.4, -0.2) is 20.9 Å². The molecule has 0 aliphatic rings. The van der Waals surface area contributed by atoms with Crippen LogP contribution in [0.5, 0.6) is 0 Å². The number of nitrogens with zero attached hydrogens (tertiary/aromatic N) is 3. The van der Waals surface area contributed by atoms with E-state index in [4.69, 9.17) is 0 Å². The summed E-state index contributed by atoms with van der Waals surface area (Å²) < 4.78 is 62.5. The lowest BCUT2D eigenvalue weighted by molar-refractivity contribution is -0.293. The summed E-state index contributed by atoms with van der Waals surface area (Å²) in [6, 6.07) is -0.566. The summed E-state index contributed by atoms with van der Waals surface area (Å²) in [5.74, 6) is -6.36. The van der Waals surface area contributed by atoms with Crippen molar-refractivity contribution in [1.82, 2.24) is 14.8 Å². The Balaban J connectivity index is 3.21. The maximum Gasteiger partial charge on any atom is 0.461 e. The average Bonchev–Trinajstić information content (AvgIpc) is 2.48. The molecule has 0 aliphatic heterocycles. The van der Waals surface area contributed by atoms with Gasteiger partial charge in [-0.1, -0.05) is 0 Å². The Bertz CT molecular complexity index is 341. The molecule has 0 bridgehead atoms. The predicted molar refractivity (Wildman–Crippen MR) is 40.4 cm³/mol. The Labute approximate surface area is 81.9 Å². The van der Waals surface area contributed by atoms with Crippen molar-refractivity contribution in [2.75, 3.05) is 0 Å². The van der Waals surface area contributed by atoms with Crippen molar-refractivity contribution in [3.05, 3.63) is 12.2 Å². The van der Waals surface area contributed by atoms with E-state index in [9.17, 15) is 22.0 Å². The minimum absolute atomic E-state index is 0.566. The molecule has 3 nitrogen and oxygen atoms in total. The van der Waals surface area contributed by atoms with Crippen molar-refractivity contribution in [3.63, 3.8) is 0 Å². The van der Waals surface area contributed by atoms with Gasteiger partial charge in [0.2, 0.25) is 5.82 Å². The molecule has 0 aliphatic carbocycles. The average molecular weight is 229 g/mol. The highest BCUT2D eigenvalue weighted by Gasteiger charge is 2.62. The minimum Gasteiger partial charge on any atom is -0.310 e. The highest BCUT2D eigenvalue weighted by Crippen LogP contribution is 2.43. The van der Waals surface area contributed by atoms with E-state index in [1.165, 1.54) is 13.8 Å². The predicted octanol–water partition coefficient (Wildman–Crippen LogP) is 2.51. The first kappa shape index (κ1) is 11.9. The van der Waals surface area contributed by atoms with Crippen LogP contribution in [0.4, 0.5) is 22.0 Å². The van der Waals surface area contributed by atoms with Crippen LogP contribution in [0.1, 0.15) is 25.7 Å². The minimum atomic E-state index is -5.66. The largest absolute Gasteiger partial charge is 0.461 e. The van der Waals surface area contributed by atoms with Gasteiger partial charge >= 0.3 is 12.1 Å². The highest BCUT2D eigenvalue weighted by atomic mass is 19.4. The second-order valence-corrected chi connectivity index (χ2v) is 3.23. The third-order valence-electron chi connectivity index (χ3n) is 1.77. The van der Waals surface area contributed by atoms with Crippen LogP contribution >= 0.6 is 0 Å². The Morgan fingerprint density at radius 3 is 2.13 bits per heavy atom. The first-order chi connectivity index (χ1) is 6.68. The van der Waals surface area contributed by atoms with E-state index in [0.717, 1.165) is 6.33 Å². The Hall–Kier alpha value is -1.21. The zero-order valence-electron chi connectivity index (χ0n) is 7.89. The fraction of sp³-hybridized carbons (Fsp3) is 0.714. The number of hydrogen-bond donors (Lipinski definition) is 0. The molecule has 0 radical (unpaired) electrons. The van der Waals surface area contributed by atoms with Crippen molar-refractivity contribution in [1.29, 1.82) is 0 Å². The van der Waals surface area contributed by atoms with E-state index in [-0.39, 0.29) is 0 Å². The maximum atomic E-state index is 12.9. The van der Waals surface area contributed by atoms with Crippen molar-refractivity contribution in [2.24, 2.45) is 0 Å². The molecule has 0 amide bonds. The zero-order valence-corrected chi connectivity index (χ0v) is 7.89. The van der Waals surface area contributed by atoms with Gasteiger partial charge in [-0.15, -0.1) is 10.2 Å². The molecule has 0 saturated carbocycles. The molecule has 1 aromatic rings. The third-order valence-corrected chi connectivity index (χ3v) is 1.77. The molecule has 0 saturated heterocycles. The third kappa shape index (κ3) is 1.93. The molecule has 0 unspecified atom stereocenters. The van der Waals surface area contributed by atoms with Crippen LogP contribution < -0.4 is 0 Å². The van der Waals surface area contributed by atoms with Crippen molar-refractivity contribution >= 4 is 0 Å². The molecular weight excluding hydrogens is 221 g/mol. The molecule has 0 fully saturated rings. The molecule has 86 valence electrons. The van der Waals surface area contributed by atoms with Crippen LogP contribution in [0.3, 0.4) is 0 Å². The Morgan fingerprint density at radius 2 is 1.73 bits per heavy atom. The van der Waals surface area contributed by atoms with Crippen LogP contribution in [0.15, 0.2) is 6.33 Å². The second kappa shape index (κ2) is 3.42. The normalized spacial score (nSPS) is 13.6. The van der Waals surface area contributed by atoms with Gasteiger partial charge in [0.05, 0.1) is 0 Å². The van der Waals surface area contributed by atoms with Gasteiger partial charge in [-0.05, 0) is 13.8 Å². The lowest BCUT2D eigenvalue weighted by Gasteiger charge is -2.20. The monoisotopic (exact) mass is 229 g/mol. The van der Waals surface area contributed by atoms with Crippen LogP contribution in [0.25, 0.3) is 0 Å².